The van der Waals surface area contributed by atoms with Gasteiger partial charge in [-0.05, 0) is 25.0 Å². The van der Waals surface area contributed by atoms with E-state index in [1.165, 1.54) is 19.3 Å². The molecular formula is C14H18ClN3. The number of nitrogens with zero attached hydrogens (tertiary/aromatic N) is 1. The van der Waals surface area contributed by atoms with Crippen LogP contribution in [0.25, 0.3) is 11.0 Å². The van der Waals surface area contributed by atoms with Crippen LogP contribution in [0.2, 0.25) is 0 Å². The van der Waals surface area contributed by atoms with Crippen molar-refractivity contribution in [1.29, 1.82) is 0 Å². The van der Waals surface area contributed by atoms with Gasteiger partial charge in [-0.25, -0.2) is 4.98 Å². The Morgan fingerprint density at radius 2 is 2.00 bits per heavy atom. The van der Waals surface area contributed by atoms with Crippen LogP contribution >= 0.6 is 11.6 Å². The van der Waals surface area contributed by atoms with Crippen LogP contribution in [0.5, 0.6) is 0 Å². The highest BCUT2D eigenvalue weighted by molar-refractivity contribution is 6.21. The Morgan fingerprint density at radius 1 is 1.17 bits per heavy atom. The summed E-state index contributed by atoms with van der Waals surface area (Å²) in [4.78, 5) is 7.85. The Labute approximate surface area is 112 Å². The van der Waals surface area contributed by atoms with E-state index in [1.807, 2.05) is 24.3 Å². The first-order valence-corrected chi connectivity index (χ1v) is 7.12. The van der Waals surface area contributed by atoms with Crippen molar-refractivity contribution in [2.24, 2.45) is 0 Å². The van der Waals surface area contributed by atoms with Crippen molar-refractivity contribution in [3.63, 3.8) is 0 Å². The van der Waals surface area contributed by atoms with Crippen molar-refractivity contribution in [1.82, 2.24) is 9.97 Å². The minimum absolute atomic E-state index is 0.209. The van der Waals surface area contributed by atoms with Gasteiger partial charge in [0.1, 0.15) is 0 Å². The van der Waals surface area contributed by atoms with E-state index < -0.39 is 0 Å². The molecule has 2 aromatic rings. The highest BCUT2D eigenvalue weighted by Gasteiger charge is 2.22. The lowest BCUT2D eigenvalue weighted by Crippen LogP contribution is -2.29. The lowest BCUT2D eigenvalue weighted by Gasteiger charge is -2.20. The third-order valence-corrected chi connectivity index (χ3v) is 4.17. The number of rotatable bonds is 2. The maximum absolute atomic E-state index is 6.43. The first-order chi connectivity index (χ1) is 8.83. The third-order valence-electron chi connectivity index (χ3n) is 3.64. The number of aromatic nitrogens is 2. The fourth-order valence-corrected chi connectivity index (χ4v) is 2.97. The zero-order valence-corrected chi connectivity index (χ0v) is 11.1. The van der Waals surface area contributed by atoms with E-state index in [-0.39, 0.29) is 5.38 Å². The van der Waals surface area contributed by atoms with Gasteiger partial charge in [0.2, 0.25) is 5.95 Å². The molecule has 3 nitrogen and oxygen atoms in total. The molecule has 1 fully saturated rings. The number of fused-ring (bicyclic) bond motifs is 1. The number of nitrogens with one attached hydrogen (secondary N) is 2. The first-order valence-electron chi connectivity index (χ1n) is 6.68. The number of anilines is 1. The average Bonchev–Trinajstić information content (AvgIpc) is 2.68. The number of benzene rings is 1. The van der Waals surface area contributed by atoms with Crippen molar-refractivity contribution in [2.45, 2.75) is 43.5 Å². The van der Waals surface area contributed by atoms with Crippen LogP contribution in [-0.2, 0) is 0 Å². The minimum atomic E-state index is 0.209. The van der Waals surface area contributed by atoms with E-state index in [4.69, 9.17) is 11.6 Å². The molecule has 0 spiro atoms. The van der Waals surface area contributed by atoms with Crippen LogP contribution in [0.3, 0.4) is 0 Å². The number of H-pyrrole nitrogens is 1. The Hall–Kier alpha value is -1.22. The summed E-state index contributed by atoms with van der Waals surface area (Å²) in [6.07, 6.45) is 6.01. The molecule has 1 aliphatic carbocycles. The van der Waals surface area contributed by atoms with E-state index in [0.717, 1.165) is 29.8 Å². The molecule has 0 radical (unpaired) electrons. The SMILES string of the molecule is ClC1CCCCCC1Nc1nc2ccccc2[nH]1. The lowest BCUT2D eigenvalue weighted by atomic mass is 10.1. The maximum Gasteiger partial charge on any atom is 0.201 e. The van der Waals surface area contributed by atoms with Crippen LogP contribution in [-0.4, -0.2) is 21.4 Å². The number of hydrogen-bond donors (Lipinski definition) is 2. The van der Waals surface area contributed by atoms with Gasteiger partial charge in [0.25, 0.3) is 0 Å². The maximum atomic E-state index is 6.43. The smallest absolute Gasteiger partial charge is 0.201 e. The number of para-hydroxylation sites is 2. The van der Waals surface area contributed by atoms with Gasteiger partial charge >= 0.3 is 0 Å². The van der Waals surface area contributed by atoms with Crippen LogP contribution < -0.4 is 5.32 Å². The number of halogens is 1. The second-order valence-corrected chi connectivity index (χ2v) is 5.57. The van der Waals surface area contributed by atoms with E-state index in [1.54, 1.807) is 0 Å². The van der Waals surface area contributed by atoms with Gasteiger partial charge in [-0.1, -0.05) is 31.4 Å². The summed E-state index contributed by atoms with van der Waals surface area (Å²) in [5.41, 5.74) is 2.07. The zero-order valence-electron chi connectivity index (χ0n) is 10.3. The number of imidazole rings is 1. The van der Waals surface area contributed by atoms with E-state index in [9.17, 15) is 0 Å². The fraction of sp³-hybridized carbons (Fsp3) is 0.500. The first kappa shape index (κ1) is 11.8. The van der Waals surface area contributed by atoms with E-state index in [2.05, 4.69) is 15.3 Å². The summed E-state index contributed by atoms with van der Waals surface area (Å²) in [5.74, 6) is 0.841. The van der Waals surface area contributed by atoms with Gasteiger partial charge in [-0.2, -0.15) is 0 Å². The number of hydrogen-bond acceptors (Lipinski definition) is 2. The predicted octanol–water partition coefficient (Wildman–Crippen LogP) is 3.91. The van der Waals surface area contributed by atoms with Crippen LogP contribution in [0.1, 0.15) is 32.1 Å². The molecular weight excluding hydrogens is 246 g/mol. The summed E-state index contributed by atoms with van der Waals surface area (Å²) in [6.45, 7) is 0. The highest BCUT2D eigenvalue weighted by atomic mass is 35.5. The van der Waals surface area contributed by atoms with Gasteiger partial charge in [0.15, 0.2) is 0 Å². The summed E-state index contributed by atoms with van der Waals surface area (Å²) in [5, 5.41) is 3.67. The predicted molar refractivity (Wildman–Crippen MR) is 76.2 cm³/mol. The highest BCUT2D eigenvalue weighted by Crippen LogP contribution is 2.25. The number of aromatic amines is 1. The molecule has 96 valence electrons. The molecule has 2 unspecified atom stereocenters. The Bertz CT molecular complexity index is 489. The lowest BCUT2D eigenvalue weighted by molar-refractivity contribution is 0.623. The molecule has 2 N–H and O–H groups in total. The largest absolute Gasteiger partial charge is 0.352 e. The van der Waals surface area contributed by atoms with Gasteiger partial charge in [-0.3, -0.25) is 0 Å². The van der Waals surface area contributed by atoms with Gasteiger partial charge < -0.3 is 10.3 Å². The fourth-order valence-electron chi connectivity index (χ4n) is 2.62. The standard InChI is InChI=1S/C14H18ClN3/c15-10-6-2-1-3-7-11(10)16-14-17-12-8-4-5-9-13(12)18-14/h4-5,8-11H,1-3,6-7H2,(H2,16,17,18). The summed E-state index contributed by atoms with van der Waals surface area (Å²) in [6, 6.07) is 8.40. The van der Waals surface area contributed by atoms with Gasteiger partial charge in [0.05, 0.1) is 16.4 Å². The monoisotopic (exact) mass is 263 g/mol. The molecule has 0 bridgehead atoms. The molecule has 3 rings (SSSR count). The molecule has 1 saturated carbocycles. The third kappa shape index (κ3) is 2.46. The quantitative estimate of drug-likeness (QED) is 0.637. The van der Waals surface area contributed by atoms with Crippen molar-refractivity contribution in [2.75, 3.05) is 5.32 Å². The molecule has 0 amide bonds. The van der Waals surface area contributed by atoms with Crippen molar-refractivity contribution >= 4 is 28.6 Å². The minimum Gasteiger partial charge on any atom is -0.352 e. The number of alkyl halides is 1. The topological polar surface area (TPSA) is 40.7 Å². The van der Waals surface area contributed by atoms with E-state index >= 15 is 0 Å². The molecule has 0 aliphatic heterocycles. The van der Waals surface area contributed by atoms with Gasteiger partial charge in [-0.15, -0.1) is 11.6 Å². The summed E-state index contributed by atoms with van der Waals surface area (Å²) >= 11 is 6.43. The average molecular weight is 264 g/mol. The summed E-state index contributed by atoms with van der Waals surface area (Å²) in [7, 11) is 0. The molecule has 1 aliphatic rings. The van der Waals surface area contributed by atoms with Crippen LogP contribution in [0.4, 0.5) is 5.95 Å². The molecule has 4 heteroatoms. The molecule has 1 aromatic carbocycles. The van der Waals surface area contributed by atoms with E-state index in [0.29, 0.717) is 6.04 Å². The zero-order chi connectivity index (χ0) is 12.4. The van der Waals surface area contributed by atoms with Crippen molar-refractivity contribution < 1.29 is 0 Å². The molecule has 0 saturated heterocycles. The Balaban J connectivity index is 1.78. The molecule has 18 heavy (non-hydrogen) atoms. The second kappa shape index (κ2) is 5.19. The van der Waals surface area contributed by atoms with Crippen molar-refractivity contribution in [3.8, 4) is 0 Å². The van der Waals surface area contributed by atoms with Crippen molar-refractivity contribution in [3.05, 3.63) is 24.3 Å². The van der Waals surface area contributed by atoms with Crippen LogP contribution in [0, 0.1) is 0 Å². The Kier molecular flexibility index (Phi) is 3.41. The molecule has 1 heterocycles. The normalized spacial score (nSPS) is 24.9. The van der Waals surface area contributed by atoms with Gasteiger partial charge in [0, 0.05) is 6.04 Å². The molecule has 1 aromatic heterocycles. The van der Waals surface area contributed by atoms with Crippen LogP contribution in [0.15, 0.2) is 24.3 Å². The second-order valence-electron chi connectivity index (χ2n) is 5.01. The Morgan fingerprint density at radius 3 is 2.89 bits per heavy atom. The summed E-state index contributed by atoms with van der Waals surface area (Å²) < 4.78 is 0. The molecule has 2 atom stereocenters.